The molecule has 1 N–H and O–H groups in total. The Morgan fingerprint density at radius 1 is 1.42 bits per heavy atom. The first-order valence-corrected chi connectivity index (χ1v) is 6.29. The van der Waals surface area contributed by atoms with Crippen LogP contribution in [0.25, 0.3) is 0 Å². The maximum absolute atomic E-state index is 12.0. The molecule has 19 heavy (non-hydrogen) atoms. The number of aromatic amines is 1. The summed E-state index contributed by atoms with van der Waals surface area (Å²) in [7, 11) is 1.60. The van der Waals surface area contributed by atoms with Crippen molar-refractivity contribution in [1.82, 2.24) is 20.1 Å². The number of amides is 1. The molecule has 0 saturated heterocycles. The van der Waals surface area contributed by atoms with Crippen LogP contribution in [-0.2, 0) is 9.53 Å². The summed E-state index contributed by atoms with van der Waals surface area (Å²) >= 11 is 0. The molecule has 0 spiro atoms. The van der Waals surface area contributed by atoms with E-state index in [1.54, 1.807) is 14.0 Å². The van der Waals surface area contributed by atoms with Crippen molar-refractivity contribution in [2.45, 2.75) is 33.1 Å². The highest BCUT2D eigenvalue weighted by molar-refractivity contribution is 5.90. The molecular weight excluding hydrogens is 248 g/mol. The van der Waals surface area contributed by atoms with E-state index >= 15 is 0 Å². The molecule has 0 bridgehead atoms. The van der Waals surface area contributed by atoms with Gasteiger partial charge < -0.3 is 9.64 Å². The molecule has 0 aliphatic rings. The summed E-state index contributed by atoms with van der Waals surface area (Å²) in [6.07, 6.45) is 0.164. The highest BCUT2D eigenvalue weighted by atomic mass is 16.5. The van der Waals surface area contributed by atoms with Gasteiger partial charge in [0.15, 0.2) is 0 Å². The minimum atomic E-state index is -0.319. The fraction of sp³-hybridized carbons (Fsp3) is 0.667. The maximum atomic E-state index is 12.0. The Bertz CT molecular complexity index is 442. The van der Waals surface area contributed by atoms with Gasteiger partial charge in [0.1, 0.15) is 5.82 Å². The molecule has 0 unspecified atom stereocenters. The minimum Gasteiger partial charge on any atom is -0.466 e. The third kappa shape index (κ3) is 4.35. The summed E-state index contributed by atoms with van der Waals surface area (Å²) in [6, 6.07) is 0. The SMILES string of the molecule is CCOC(=O)CCN(C)C(=O)c1n[nH]c(C(C)C)n1. The molecular formula is C12H20N4O3. The molecule has 0 fully saturated rings. The number of nitrogens with zero attached hydrogens (tertiary/aromatic N) is 3. The lowest BCUT2D eigenvalue weighted by Gasteiger charge is -2.14. The van der Waals surface area contributed by atoms with E-state index in [4.69, 9.17) is 4.74 Å². The molecule has 1 aromatic rings. The van der Waals surface area contributed by atoms with Crippen molar-refractivity contribution in [3.63, 3.8) is 0 Å². The number of carbonyl (C=O) groups is 2. The molecule has 0 radical (unpaired) electrons. The maximum Gasteiger partial charge on any atom is 0.307 e. The van der Waals surface area contributed by atoms with E-state index in [2.05, 4.69) is 15.2 Å². The number of hydrogen-bond donors (Lipinski definition) is 1. The predicted octanol–water partition coefficient (Wildman–Crippen LogP) is 0.953. The normalized spacial score (nSPS) is 10.6. The Labute approximate surface area is 112 Å². The second kappa shape index (κ2) is 6.86. The first-order chi connectivity index (χ1) is 8.95. The number of nitrogens with one attached hydrogen (secondary N) is 1. The predicted molar refractivity (Wildman–Crippen MR) is 68.7 cm³/mol. The van der Waals surface area contributed by atoms with Crippen molar-refractivity contribution in [2.75, 3.05) is 20.2 Å². The van der Waals surface area contributed by atoms with Crippen LogP contribution in [0.1, 0.15) is 49.6 Å². The Balaban J connectivity index is 2.54. The van der Waals surface area contributed by atoms with Gasteiger partial charge >= 0.3 is 5.97 Å². The van der Waals surface area contributed by atoms with E-state index < -0.39 is 0 Å². The van der Waals surface area contributed by atoms with Crippen LogP contribution in [0.5, 0.6) is 0 Å². The molecule has 106 valence electrons. The van der Waals surface area contributed by atoms with E-state index in [9.17, 15) is 9.59 Å². The van der Waals surface area contributed by atoms with Crippen molar-refractivity contribution in [3.8, 4) is 0 Å². The van der Waals surface area contributed by atoms with Crippen LogP contribution < -0.4 is 0 Å². The van der Waals surface area contributed by atoms with Crippen LogP contribution >= 0.6 is 0 Å². The Kier molecular flexibility index (Phi) is 5.47. The third-order valence-corrected chi connectivity index (χ3v) is 2.54. The van der Waals surface area contributed by atoms with Gasteiger partial charge in [-0.25, -0.2) is 4.98 Å². The quantitative estimate of drug-likeness (QED) is 0.776. The van der Waals surface area contributed by atoms with E-state index in [0.29, 0.717) is 12.4 Å². The van der Waals surface area contributed by atoms with Gasteiger partial charge in [0.05, 0.1) is 13.0 Å². The highest BCUT2D eigenvalue weighted by Crippen LogP contribution is 2.08. The first kappa shape index (κ1) is 15.1. The van der Waals surface area contributed by atoms with Crippen molar-refractivity contribution in [1.29, 1.82) is 0 Å². The monoisotopic (exact) mass is 268 g/mol. The zero-order valence-corrected chi connectivity index (χ0v) is 11.8. The topological polar surface area (TPSA) is 88.2 Å². The molecule has 0 atom stereocenters. The number of hydrogen-bond acceptors (Lipinski definition) is 5. The van der Waals surface area contributed by atoms with Crippen LogP contribution in [0.4, 0.5) is 0 Å². The Hall–Kier alpha value is -1.92. The number of esters is 1. The summed E-state index contributed by atoms with van der Waals surface area (Å²) in [5, 5.41) is 6.60. The van der Waals surface area contributed by atoms with Crippen molar-refractivity contribution in [2.24, 2.45) is 0 Å². The lowest BCUT2D eigenvalue weighted by molar-refractivity contribution is -0.143. The molecule has 0 aliphatic heterocycles. The number of carbonyl (C=O) groups excluding carboxylic acids is 2. The van der Waals surface area contributed by atoms with Gasteiger partial charge in [0, 0.05) is 19.5 Å². The summed E-state index contributed by atoms with van der Waals surface area (Å²) < 4.78 is 4.80. The second-order valence-corrected chi connectivity index (χ2v) is 4.48. The standard InChI is InChI=1S/C12H20N4O3/c1-5-19-9(17)6-7-16(4)12(18)11-13-10(8(2)3)14-15-11/h8H,5-7H2,1-4H3,(H,13,14,15). The average molecular weight is 268 g/mol. The van der Waals surface area contributed by atoms with Gasteiger partial charge in [-0.3, -0.25) is 14.7 Å². The summed E-state index contributed by atoms with van der Waals surface area (Å²) in [6.45, 7) is 6.28. The van der Waals surface area contributed by atoms with E-state index in [1.807, 2.05) is 13.8 Å². The van der Waals surface area contributed by atoms with Crippen LogP contribution in [0.3, 0.4) is 0 Å². The summed E-state index contributed by atoms with van der Waals surface area (Å²) in [5.74, 6) is 0.337. The largest absolute Gasteiger partial charge is 0.466 e. The van der Waals surface area contributed by atoms with Gasteiger partial charge in [0.2, 0.25) is 5.82 Å². The lowest BCUT2D eigenvalue weighted by Crippen LogP contribution is -2.30. The van der Waals surface area contributed by atoms with Gasteiger partial charge in [0.25, 0.3) is 5.91 Å². The molecule has 1 aromatic heterocycles. The highest BCUT2D eigenvalue weighted by Gasteiger charge is 2.18. The third-order valence-electron chi connectivity index (χ3n) is 2.54. The van der Waals surface area contributed by atoms with Crippen LogP contribution in [0.15, 0.2) is 0 Å². The number of rotatable bonds is 6. The van der Waals surface area contributed by atoms with E-state index in [0.717, 1.165) is 0 Å². The zero-order valence-electron chi connectivity index (χ0n) is 11.8. The van der Waals surface area contributed by atoms with Gasteiger partial charge in [-0.15, -0.1) is 5.10 Å². The number of aromatic nitrogens is 3. The van der Waals surface area contributed by atoms with Crippen LogP contribution in [-0.4, -0.2) is 52.2 Å². The number of ether oxygens (including phenoxy) is 1. The van der Waals surface area contributed by atoms with Gasteiger partial charge in [-0.2, -0.15) is 0 Å². The van der Waals surface area contributed by atoms with Crippen molar-refractivity contribution < 1.29 is 14.3 Å². The van der Waals surface area contributed by atoms with E-state index in [1.165, 1.54) is 4.90 Å². The van der Waals surface area contributed by atoms with Gasteiger partial charge in [-0.05, 0) is 6.92 Å². The average Bonchev–Trinajstić information content (AvgIpc) is 2.85. The van der Waals surface area contributed by atoms with Crippen LogP contribution in [0.2, 0.25) is 0 Å². The zero-order chi connectivity index (χ0) is 14.4. The van der Waals surface area contributed by atoms with E-state index in [-0.39, 0.29) is 36.6 Å². The molecule has 1 rings (SSSR count). The van der Waals surface area contributed by atoms with Crippen molar-refractivity contribution >= 4 is 11.9 Å². The Morgan fingerprint density at radius 2 is 2.11 bits per heavy atom. The summed E-state index contributed by atoms with van der Waals surface area (Å²) in [4.78, 5) is 28.7. The lowest BCUT2D eigenvalue weighted by atomic mass is 10.2. The molecule has 0 aliphatic carbocycles. The van der Waals surface area contributed by atoms with Crippen molar-refractivity contribution in [3.05, 3.63) is 11.6 Å². The second-order valence-electron chi connectivity index (χ2n) is 4.48. The molecule has 1 heterocycles. The minimum absolute atomic E-state index is 0.120. The molecule has 0 aromatic carbocycles. The molecule has 7 heteroatoms. The first-order valence-electron chi connectivity index (χ1n) is 6.29. The molecule has 7 nitrogen and oxygen atoms in total. The van der Waals surface area contributed by atoms with Crippen LogP contribution in [0, 0.1) is 0 Å². The smallest absolute Gasteiger partial charge is 0.307 e. The van der Waals surface area contributed by atoms with Gasteiger partial charge in [-0.1, -0.05) is 13.8 Å². The fourth-order valence-electron chi connectivity index (χ4n) is 1.39. The fourth-order valence-corrected chi connectivity index (χ4v) is 1.39. The molecule has 0 saturated carbocycles. The molecule has 1 amide bonds. The Morgan fingerprint density at radius 3 is 2.63 bits per heavy atom. The summed E-state index contributed by atoms with van der Waals surface area (Å²) in [5.41, 5.74) is 0. The number of H-pyrrole nitrogens is 1.